The monoisotopic (exact) mass is 469 g/mol. The van der Waals surface area contributed by atoms with E-state index in [2.05, 4.69) is 27.3 Å². The van der Waals surface area contributed by atoms with Crippen molar-refractivity contribution in [3.63, 3.8) is 0 Å². The number of amides is 4. The minimum absolute atomic E-state index is 0.115. The standard InChI is InChI=1S/C25H35N5O4/c1-14(26-4)22(32)28-18-12-20(31)29-19-13-25(2,3)21(30(19)24(18)34)23(33)27-17-11-7-9-15-8-5-6-10-16(15)17/h5-6,8,10,14,17-19,21,26H,7,9,11-13H2,1-4H3,(H,27,33)(H,28,32)(H,29,31)/t14-,17+,18-,19+,21?/m0/s1. The molecular weight excluding hydrogens is 434 g/mol. The predicted octanol–water partition coefficient (Wildman–Crippen LogP) is 0.746. The molecule has 1 unspecified atom stereocenters. The minimum Gasteiger partial charge on any atom is -0.347 e. The van der Waals surface area contributed by atoms with Crippen molar-refractivity contribution < 1.29 is 19.2 Å². The van der Waals surface area contributed by atoms with Gasteiger partial charge in [0, 0.05) is 0 Å². The van der Waals surface area contributed by atoms with E-state index in [4.69, 9.17) is 0 Å². The van der Waals surface area contributed by atoms with E-state index in [1.165, 1.54) is 10.5 Å². The SMILES string of the molecule is CN[C@@H](C)C(=O)N[C@H]1CC(=O)N[C@H]2CC(C)(C)C(C(=O)N[C@@H]3CCCc4ccccc43)N2C1=O. The lowest BCUT2D eigenvalue weighted by Crippen LogP contribution is -2.59. The summed E-state index contributed by atoms with van der Waals surface area (Å²) in [6.07, 6.45) is 2.52. The number of nitrogens with one attached hydrogen (secondary N) is 4. The maximum absolute atomic E-state index is 13.7. The highest BCUT2D eigenvalue weighted by Gasteiger charge is 2.55. The van der Waals surface area contributed by atoms with E-state index in [0.29, 0.717) is 6.42 Å². The predicted molar refractivity (Wildman–Crippen MR) is 126 cm³/mol. The molecule has 0 spiro atoms. The van der Waals surface area contributed by atoms with Crippen LogP contribution in [0.5, 0.6) is 0 Å². The first kappa shape index (κ1) is 24.2. The molecule has 9 nitrogen and oxygen atoms in total. The van der Waals surface area contributed by atoms with Crippen molar-refractivity contribution in [1.82, 2.24) is 26.2 Å². The molecule has 2 saturated heterocycles. The van der Waals surface area contributed by atoms with Gasteiger partial charge in [0.25, 0.3) is 0 Å². The van der Waals surface area contributed by atoms with Crippen LogP contribution in [0.3, 0.4) is 0 Å². The number of rotatable bonds is 5. The lowest BCUT2D eigenvalue weighted by Gasteiger charge is -2.35. The third kappa shape index (κ3) is 4.53. The molecule has 9 heteroatoms. The Morgan fingerprint density at radius 2 is 1.88 bits per heavy atom. The second kappa shape index (κ2) is 9.37. The zero-order valence-electron chi connectivity index (χ0n) is 20.3. The van der Waals surface area contributed by atoms with Crippen LogP contribution < -0.4 is 21.3 Å². The van der Waals surface area contributed by atoms with Crippen molar-refractivity contribution >= 4 is 23.6 Å². The highest BCUT2D eigenvalue weighted by Crippen LogP contribution is 2.41. The van der Waals surface area contributed by atoms with Crippen LogP contribution in [0.4, 0.5) is 0 Å². The van der Waals surface area contributed by atoms with Crippen LogP contribution in [-0.4, -0.2) is 59.9 Å². The van der Waals surface area contributed by atoms with Gasteiger partial charge >= 0.3 is 0 Å². The van der Waals surface area contributed by atoms with E-state index in [9.17, 15) is 19.2 Å². The van der Waals surface area contributed by atoms with E-state index in [1.807, 2.05) is 32.0 Å². The van der Waals surface area contributed by atoms with Crippen molar-refractivity contribution in [2.75, 3.05) is 7.05 Å². The van der Waals surface area contributed by atoms with Gasteiger partial charge in [-0.15, -0.1) is 0 Å². The smallest absolute Gasteiger partial charge is 0.248 e. The van der Waals surface area contributed by atoms with Gasteiger partial charge in [-0.1, -0.05) is 38.1 Å². The number of fused-ring (bicyclic) bond motifs is 2. The van der Waals surface area contributed by atoms with E-state index < -0.39 is 35.6 Å². The molecule has 184 valence electrons. The number of benzene rings is 1. The molecule has 4 rings (SSSR count). The zero-order valence-corrected chi connectivity index (χ0v) is 20.3. The quantitative estimate of drug-likeness (QED) is 0.507. The lowest BCUT2D eigenvalue weighted by molar-refractivity contribution is -0.145. The topological polar surface area (TPSA) is 120 Å². The van der Waals surface area contributed by atoms with Crippen LogP contribution in [0.25, 0.3) is 0 Å². The van der Waals surface area contributed by atoms with Crippen LogP contribution >= 0.6 is 0 Å². The van der Waals surface area contributed by atoms with E-state index in [-0.39, 0.29) is 30.2 Å². The normalized spacial score (nSPS) is 28.8. The Kier molecular flexibility index (Phi) is 6.66. The molecule has 0 bridgehead atoms. The summed E-state index contributed by atoms with van der Waals surface area (Å²) in [6.45, 7) is 5.56. The van der Waals surface area contributed by atoms with Crippen molar-refractivity contribution in [2.24, 2.45) is 5.41 Å². The zero-order chi connectivity index (χ0) is 24.6. The second-order valence-electron chi connectivity index (χ2n) is 10.4. The molecule has 4 N–H and O–H groups in total. The summed E-state index contributed by atoms with van der Waals surface area (Å²) >= 11 is 0. The van der Waals surface area contributed by atoms with Gasteiger partial charge in [-0.2, -0.15) is 0 Å². The molecule has 0 aromatic heterocycles. The Balaban J connectivity index is 1.59. The summed E-state index contributed by atoms with van der Waals surface area (Å²) in [5.74, 6) is -1.33. The van der Waals surface area contributed by atoms with Crippen molar-refractivity contribution in [3.05, 3.63) is 35.4 Å². The number of hydrogen-bond donors (Lipinski definition) is 4. The van der Waals surface area contributed by atoms with E-state index in [1.54, 1.807) is 14.0 Å². The Hall–Kier alpha value is -2.94. The van der Waals surface area contributed by atoms with Gasteiger partial charge in [0.2, 0.25) is 23.6 Å². The fraction of sp³-hybridized carbons (Fsp3) is 0.600. The van der Waals surface area contributed by atoms with Crippen molar-refractivity contribution in [2.45, 2.75) is 83.2 Å². The number of aryl methyl sites for hydroxylation is 1. The number of carbonyl (C=O) groups is 4. The van der Waals surface area contributed by atoms with Crippen LogP contribution in [0.2, 0.25) is 0 Å². The van der Waals surface area contributed by atoms with Gasteiger partial charge in [-0.05, 0) is 56.2 Å². The van der Waals surface area contributed by atoms with Gasteiger partial charge in [-0.3, -0.25) is 19.2 Å². The van der Waals surface area contributed by atoms with Crippen LogP contribution in [-0.2, 0) is 25.6 Å². The van der Waals surface area contributed by atoms with Crippen LogP contribution in [0.1, 0.15) is 63.6 Å². The summed E-state index contributed by atoms with van der Waals surface area (Å²) in [7, 11) is 1.65. The summed E-state index contributed by atoms with van der Waals surface area (Å²) in [5, 5.41) is 11.6. The number of nitrogens with zero attached hydrogens (tertiary/aromatic N) is 1. The summed E-state index contributed by atoms with van der Waals surface area (Å²) < 4.78 is 0. The highest BCUT2D eigenvalue weighted by molar-refractivity contribution is 5.98. The molecule has 2 heterocycles. The maximum atomic E-state index is 13.7. The molecule has 2 fully saturated rings. The molecule has 1 aliphatic carbocycles. The molecular formula is C25H35N5O4. The first-order valence-corrected chi connectivity index (χ1v) is 12.1. The lowest BCUT2D eigenvalue weighted by atomic mass is 9.82. The summed E-state index contributed by atoms with van der Waals surface area (Å²) in [5.41, 5.74) is 1.80. The molecule has 4 amide bonds. The maximum Gasteiger partial charge on any atom is 0.248 e. The average molecular weight is 470 g/mol. The van der Waals surface area contributed by atoms with Crippen LogP contribution in [0, 0.1) is 5.41 Å². The average Bonchev–Trinajstić information content (AvgIpc) is 3.01. The Morgan fingerprint density at radius 3 is 2.62 bits per heavy atom. The largest absolute Gasteiger partial charge is 0.347 e. The van der Waals surface area contributed by atoms with Crippen molar-refractivity contribution in [1.29, 1.82) is 0 Å². The fourth-order valence-electron chi connectivity index (χ4n) is 5.54. The van der Waals surface area contributed by atoms with Gasteiger partial charge < -0.3 is 26.2 Å². The van der Waals surface area contributed by atoms with E-state index in [0.717, 1.165) is 24.8 Å². The first-order valence-electron chi connectivity index (χ1n) is 12.1. The highest BCUT2D eigenvalue weighted by atomic mass is 16.2. The molecule has 34 heavy (non-hydrogen) atoms. The minimum atomic E-state index is -1.02. The first-order chi connectivity index (χ1) is 16.1. The van der Waals surface area contributed by atoms with E-state index >= 15 is 0 Å². The third-order valence-corrected chi connectivity index (χ3v) is 7.42. The second-order valence-corrected chi connectivity index (χ2v) is 10.4. The van der Waals surface area contributed by atoms with Crippen molar-refractivity contribution in [3.8, 4) is 0 Å². The van der Waals surface area contributed by atoms with Crippen LogP contribution in [0.15, 0.2) is 24.3 Å². The molecule has 5 atom stereocenters. The Bertz CT molecular complexity index is 993. The fourth-order valence-corrected chi connectivity index (χ4v) is 5.54. The summed E-state index contributed by atoms with van der Waals surface area (Å²) in [4.78, 5) is 53.9. The van der Waals surface area contributed by atoms with Gasteiger partial charge in [0.15, 0.2) is 0 Å². The molecule has 3 aliphatic rings. The van der Waals surface area contributed by atoms with Gasteiger partial charge in [0.05, 0.1) is 18.5 Å². The molecule has 0 radical (unpaired) electrons. The summed E-state index contributed by atoms with van der Waals surface area (Å²) in [6, 6.07) is 5.71. The molecule has 0 saturated carbocycles. The third-order valence-electron chi connectivity index (χ3n) is 7.42. The Morgan fingerprint density at radius 1 is 1.15 bits per heavy atom. The number of hydrogen-bond acceptors (Lipinski definition) is 5. The molecule has 1 aromatic rings. The number of likely N-dealkylation sites (N-methyl/N-ethyl adjacent to an activating group) is 1. The number of carbonyl (C=O) groups excluding carboxylic acids is 4. The molecule has 2 aliphatic heterocycles. The Labute approximate surface area is 200 Å². The van der Waals surface area contributed by atoms with Gasteiger partial charge in [-0.25, -0.2) is 0 Å². The molecule has 1 aromatic carbocycles. The van der Waals surface area contributed by atoms with Gasteiger partial charge in [0.1, 0.15) is 18.2 Å².